The van der Waals surface area contributed by atoms with Crippen LogP contribution in [0.3, 0.4) is 0 Å². The van der Waals surface area contributed by atoms with Crippen LogP contribution in [0.2, 0.25) is 0 Å². The van der Waals surface area contributed by atoms with E-state index in [0.717, 1.165) is 25.8 Å². The molecule has 1 heterocycles. The average Bonchev–Trinajstić information content (AvgIpc) is 3.14. The Hall–Kier alpha value is -1.03. The van der Waals surface area contributed by atoms with Crippen molar-refractivity contribution in [2.75, 3.05) is 13.2 Å². The van der Waals surface area contributed by atoms with Gasteiger partial charge in [-0.05, 0) is 44.4 Å². The molecule has 1 saturated heterocycles. The maximum absolute atomic E-state index is 12.0. The number of allylic oxidation sites excluding steroid dienone is 1. The first-order chi connectivity index (χ1) is 8.31. The van der Waals surface area contributed by atoms with E-state index in [9.17, 15) is 4.79 Å². The van der Waals surface area contributed by atoms with Gasteiger partial charge in [0.05, 0.1) is 0 Å². The topological polar surface area (TPSA) is 52.6 Å². The molecule has 0 aromatic heterocycles. The quantitative estimate of drug-likeness (QED) is 0.785. The first kappa shape index (κ1) is 12.4. The zero-order valence-corrected chi connectivity index (χ0v) is 10.3. The number of hydrogen-bond donors (Lipinski definition) is 2. The number of nitrogens with zero attached hydrogens (tertiary/aromatic N) is 1. The van der Waals surface area contributed by atoms with Crippen LogP contribution in [-0.4, -0.2) is 35.2 Å². The van der Waals surface area contributed by atoms with Crippen LogP contribution in [0.1, 0.15) is 38.5 Å². The molecule has 0 bridgehead atoms. The summed E-state index contributed by atoms with van der Waals surface area (Å²) >= 11 is 0. The van der Waals surface area contributed by atoms with Gasteiger partial charge in [-0.2, -0.15) is 0 Å². The summed E-state index contributed by atoms with van der Waals surface area (Å²) in [6, 6.07) is 0.197. The minimum Gasteiger partial charge on any atom is -0.396 e. The number of carbonyl (C=O) groups is 1. The lowest BCUT2D eigenvalue weighted by molar-refractivity contribution is 0.134. The molecule has 2 fully saturated rings. The van der Waals surface area contributed by atoms with Gasteiger partial charge in [-0.3, -0.25) is 0 Å². The highest BCUT2D eigenvalue weighted by molar-refractivity contribution is 5.75. The van der Waals surface area contributed by atoms with E-state index in [0.29, 0.717) is 12.3 Å². The normalized spacial score (nSPS) is 25.2. The Bertz CT molecular complexity index is 285. The SMILES string of the molecule is O=C(N/C=C/C1CC1)N1CCCCC1CCO. The molecule has 2 rings (SSSR count). The fourth-order valence-electron chi connectivity index (χ4n) is 2.34. The van der Waals surface area contributed by atoms with Crippen LogP contribution in [0, 0.1) is 5.92 Å². The first-order valence-electron chi connectivity index (χ1n) is 6.66. The summed E-state index contributed by atoms with van der Waals surface area (Å²) in [7, 11) is 0. The van der Waals surface area contributed by atoms with E-state index in [1.807, 2.05) is 4.90 Å². The molecule has 0 aromatic rings. The Balaban J connectivity index is 1.81. The van der Waals surface area contributed by atoms with Crippen molar-refractivity contribution in [3.8, 4) is 0 Å². The van der Waals surface area contributed by atoms with Crippen molar-refractivity contribution in [3.63, 3.8) is 0 Å². The van der Waals surface area contributed by atoms with Gasteiger partial charge in [-0.1, -0.05) is 6.08 Å². The number of urea groups is 1. The predicted molar refractivity (Wildman–Crippen MR) is 66.4 cm³/mol. The van der Waals surface area contributed by atoms with E-state index in [-0.39, 0.29) is 18.7 Å². The number of carbonyl (C=O) groups excluding carboxylic acids is 1. The lowest BCUT2D eigenvalue weighted by Crippen LogP contribution is -2.47. The summed E-state index contributed by atoms with van der Waals surface area (Å²) in [4.78, 5) is 13.8. The minimum atomic E-state index is -0.0138. The number of nitrogens with one attached hydrogen (secondary N) is 1. The molecule has 1 atom stereocenters. The average molecular weight is 238 g/mol. The maximum atomic E-state index is 12.0. The van der Waals surface area contributed by atoms with Crippen molar-refractivity contribution in [2.24, 2.45) is 5.92 Å². The Morgan fingerprint density at radius 1 is 1.35 bits per heavy atom. The van der Waals surface area contributed by atoms with Crippen LogP contribution in [0.5, 0.6) is 0 Å². The summed E-state index contributed by atoms with van der Waals surface area (Å²) < 4.78 is 0. The van der Waals surface area contributed by atoms with Crippen molar-refractivity contribution >= 4 is 6.03 Å². The van der Waals surface area contributed by atoms with E-state index in [4.69, 9.17) is 5.11 Å². The predicted octanol–water partition coefficient (Wildman–Crippen LogP) is 1.86. The van der Waals surface area contributed by atoms with Crippen molar-refractivity contribution in [2.45, 2.75) is 44.6 Å². The molecule has 4 heteroatoms. The van der Waals surface area contributed by atoms with Crippen LogP contribution in [0.4, 0.5) is 4.79 Å². The lowest BCUT2D eigenvalue weighted by Gasteiger charge is -2.35. The number of amides is 2. The highest BCUT2D eigenvalue weighted by Crippen LogP contribution is 2.29. The molecule has 0 aromatic carbocycles. The number of likely N-dealkylation sites (tertiary alicyclic amines) is 1. The molecule has 96 valence electrons. The molecule has 1 saturated carbocycles. The summed E-state index contributed by atoms with van der Waals surface area (Å²) in [5.74, 6) is 0.685. The molecule has 1 unspecified atom stereocenters. The van der Waals surface area contributed by atoms with E-state index in [2.05, 4.69) is 11.4 Å². The van der Waals surface area contributed by atoms with Crippen molar-refractivity contribution < 1.29 is 9.90 Å². The number of rotatable bonds is 4. The third kappa shape index (κ3) is 3.73. The zero-order valence-electron chi connectivity index (χ0n) is 10.3. The zero-order chi connectivity index (χ0) is 12.1. The molecule has 2 aliphatic rings. The second-order valence-corrected chi connectivity index (χ2v) is 5.00. The lowest BCUT2D eigenvalue weighted by atomic mass is 10.0. The van der Waals surface area contributed by atoms with Crippen LogP contribution < -0.4 is 5.32 Å². The van der Waals surface area contributed by atoms with Gasteiger partial charge in [0.25, 0.3) is 0 Å². The summed E-state index contributed by atoms with van der Waals surface area (Å²) in [6.07, 6.45) is 10.3. The van der Waals surface area contributed by atoms with E-state index >= 15 is 0 Å². The molecule has 1 aliphatic carbocycles. The van der Waals surface area contributed by atoms with Gasteiger partial charge in [0.15, 0.2) is 0 Å². The van der Waals surface area contributed by atoms with Crippen LogP contribution in [-0.2, 0) is 0 Å². The van der Waals surface area contributed by atoms with Crippen LogP contribution >= 0.6 is 0 Å². The first-order valence-corrected chi connectivity index (χ1v) is 6.66. The number of aliphatic hydroxyl groups excluding tert-OH is 1. The Morgan fingerprint density at radius 3 is 2.88 bits per heavy atom. The van der Waals surface area contributed by atoms with Crippen molar-refractivity contribution in [1.82, 2.24) is 10.2 Å². The van der Waals surface area contributed by atoms with Gasteiger partial charge in [0, 0.05) is 25.4 Å². The van der Waals surface area contributed by atoms with E-state index in [1.54, 1.807) is 6.20 Å². The highest BCUT2D eigenvalue weighted by atomic mass is 16.3. The fraction of sp³-hybridized carbons (Fsp3) is 0.769. The summed E-state index contributed by atoms with van der Waals surface area (Å²) in [5.41, 5.74) is 0. The van der Waals surface area contributed by atoms with Crippen LogP contribution in [0.15, 0.2) is 12.3 Å². The van der Waals surface area contributed by atoms with Crippen molar-refractivity contribution in [1.29, 1.82) is 0 Å². The molecule has 2 N–H and O–H groups in total. The highest BCUT2D eigenvalue weighted by Gasteiger charge is 2.25. The van der Waals surface area contributed by atoms with Gasteiger partial charge in [-0.15, -0.1) is 0 Å². The Labute approximate surface area is 103 Å². The number of aliphatic hydroxyl groups is 1. The second kappa shape index (κ2) is 6.05. The third-order valence-electron chi connectivity index (χ3n) is 3.55. The Kier molecular flexibility index (Phi) is 4.42. The molecular formula is C13H22N2O2. The van der Waals surface area contributed by atoms with E-state index < -0.39 is 0 Å². The van der Waals surface area contributed by atoms with Gasteiger partial charge in [-0.25, -0.2) is 4.79 Å². The van der Waals surface area contributed by atoms with Crippen molar-refractivity contribution in [3.05, 3.63) is 12.3 Å². The summed E-state index contributed by atoms with van der Waals surface area (Å²) in [6.45, 7) is 0.972. The standard InChI is InChI=1S/C13H22N2O2/c16-10-7-12-3-1-2-9-15(12)13(17)14-8-6-11-4-5-11/h6,8,11-12,16H,1-5,7,9-10H2,(H,14,17)/b8-6+. The minimum absolute atomic E-state index is 0.0138. The Morgan fingerprint density at radius 2 is 2.18 bits per heavy atom. The monoisotopic (exact) mass is 238 g/mol. The molecule has 17 heavy (non-hydrogen) atoms. The van der Waals surface area contributed by atoms with Gasteiger partial charge in [0.1, 0.15) is 0 Å². The maximum Gasteiger partial charge on any atom is 0.321 e. The molecule has 0 radical (unpaired) electrons. The van der Waals surface area contributed by atoms with Crippen LogP contribution in [0.25, 0.3) is 0 Å². The fourth-order valence-corrected chi connectivity index (χ4v) is 2.34. The molecular weight excluding hydrogens is 216 g/mol. The van der Waals surface area contributed by atoms with Gasteiger partial charge in [0.2, 0.25) is 0 Å². The molecule has 0 spiro atoms. The van der Waals surface area contributed by atoms with Gasteiger partial charge < -0.3 is 15.3 Å². The molecule has 2 amide bonds. The smallest absolute Gasteiger partial charge is 0.321 e. The number of hydrogen-bond acceptors (Lipinski definition) is 2. The molecule has 4 nitrogen and oxygen atoms in total. The van der Waals surface area contributed by atoms with Gasteiger partial charge >= 0.3 is 6.03 Å². The number of piperidine rings is 1. The second-order valence-electron chi connectivity index (χ2n) is 5.00. The molecule has 1 aliphatic heterocycles. The summed E-state index contributed by atoms with van der Waals surface area (Å²) in [5, 5.41) is 11.8. The third-order valence-corrected chi connectivity index (χ3v) is 3.55. The largest absolute Gasteiger partial charge is 0.396 e. The van der Waals surface area contributed by atoms with E-state index in [1.165, 1.54) is 12.8 Å².